The van der Waals surface area contributed by atoms with Crippen molar-refractivity contribution in [3.05, 3.63) is 53.6 Å². The first kappa shape index (κ1) is 19.7. The lowest BCUT2D eigenvalue weighted by Crippen LogP contribution is -2.37. The van der Waals surface area contributed by atoms with E-state index in [0.717, 1.165) is 18.4 Å². The fraction of sp³-hybridized carbons (Fsp3) is 0.364. The first-order valence-corrected chi connectivity index (χ1v) is 9.61. The van der Waals surface area contributed by atoms with Gasteiger partial charge in [0.2, 0.25) is 0 Å². The zero-order chi connectivity index (χ0) is 19.9. The van der Waals surface area contributed by atoms with Crippen molar-refractivity contribution in [3.63, 3.8) is 0 Å². The lowest BCUT2D eigenvalue weighted by Gasteiger charge is -2.24. The molecule has 1 aliphatic rings. The maximum Gasteiger partial charge on any atom is 0.339 e. The highest BCUT2D eigenvalue weighted by Crippen LogP contribution is 2.31. The van der Waals surface area contributed by atoms with Crippen LogP contribution in [0.4, 0.5) is 5.69 Å². The first-order chi connectivity index (χ1) is 13.6. The second kappa shape index (κ2) is 9.26. The lowest BCUT2D eigenvalue weighted by atomic mass is 9.98. The van der Waals surface area contributed by atoms with Gasteiger partial charge in [-0.15, -0.1) is 0 Å². The molecule has 1 aliphatic heterocycles. The van der Waals surface area contributed by atoms with E-state index in [-0.39, 0.29) is 5.91 Å². The topological polar surface area (TPSA) is 73.9 Å². The molecule has 1 amide bonds. The minimum atomic E-state index is -0.863. The van der Waals surface area contributed by atoms with E-state index in [4.69, 9.17) is 14.2 Å². The van der Waals surface area contributed by atoms with Crippen LogP contribution in [-0.2, 0) is 16.0 Å². The van der Waals surface area contributed by atoms with Gasteiger partial charge < -0.3 is 19.5 Å². The summed E-state index contributed by atoms with van der Waals surface area (Å²) in [5.41, 5.74) is 1.89. The van der Waals surface area contributed by atoms with Crippen molar-refractivity contribution >= 4 is 17.6 Å². The Morgan fingerprint density at radius 1 is 1.07 bits per heavy atom. The molecule has 0 spiro atoms. The predicted molar refractivity (Wildman–Crippen MR) is 106 cm³/mol. The first-order valence-electron chi connectivity index (χ1n) is 9.61. The molecule has 3 rings (SSSR count). The Hall–Kier alpha value is -3.02. The average Bonchev–Trinajstić information content (AvgIpc) is 2.71. The Morgan fingerprint density at radius 3 is 2.54 bits per heavy atom. The van der Waals surface area contributed by atoms with Gasteiger partial charge in [0.1, 0.15) is 0 Å². The number of fused-ring (bicyclic) bond motifs is 1. The highest BCUT2D eigenvalue weighted by molar-refractivity contribution is 6.00. The van der Waals surface area contributed by atoms with Crippen LogP contribution in [0.1, 0.15) is 42.6 Å². The fourth-order valence-corrected chi connectivity index (χ4v) is 2.94. The standard InChI is InChI=1S/C22H25NO5/c1-3-11-26-18-10-9-16(14-19(18)27-12-4-2)23-21(24)20-13-15-7-5-6-8-17(15)22(25)28-20/h5-10,14,20H,3-4,11-13H2,1-2H3,(H,23,24). The molecular formula is C22H25NO5. The SMILES string of the molecule is CCCOc1ccc(NC(=O)C2Cc3ccccc3C(=O)O2)cc1OCCC. The number of benzene rings is 2. The predicted octanol–water partition coefficient (Wildman–Crippen LogP) is 3.98. The number of hydrogen-bond acceptors (Lipinski definition) is 5. The van der Waals surface area contributed by atoms with Crippen LogP contribution in [0.25, 0.3) is 0 Å². The summed E-state index contributed by atoms with van der Waals surface area (Å²) in [6.07, 6.45) is 1.24. The molecule has 148 valence electrons. The van der Waals surface area contributed by atoms with Crippen molar-refractivity contribution in [1.29, 1.82) is 0 Å². The van der Waals surface area contributed by atoms with Gasteiger partial charge in [0.05, 0.1) is 18.8 Å². The third-order valence-corrected chi connectivity index (χ3v) is 4.32. The summed E-state index contributed by atoms with van der Waals surface area (Å²) in [5, 5.41) is 2.81. The third kappa shape index (κ3) is 4.63. The molecule has 0 saturated carbocycles. The molecule has 2 aromatic carbocycles. The van der Waals surface area contributed by atoms with E-state index in [9.17, 15) is 9.59 Å². The highest BCUT2D eigenvalue weighted by atomic mass is 16.5. The maximum atomic E-state index is 12.6. The summed E-state index contributed by atoms with van der Waals surface area (Å²) in [7, 11) is 0. The van der Waals surface area contributed by atoms with E-state index in [2.05, 4.69) is 5.32 Å². The van der Waals surface area contributed by atoms with E-state index in [1.54, 1.807) is 30.3 Å². The quantitative estimate of drug-likeness (QED) is 0.698. The monoisotopic (exact) mass is 383 g/mol. The van der Waals surface area contributed by atoms with Gasteiger partial charge >= 0.3 is 5.97 Å². The smallest absolute Gasteiger partial charge is 0.339 e. The van der Waals surface area contributed by atoms with E-state index in [1.165, 1.54) is 0 Å². The van der Waals surface area contributed by atoms with E-state index >= 15 is 0 Å². The second-order valence-electron chi connectivity index (χ2n) is 6.60. The fourth-order valence-electron chi connectivity index (χ4n) is 2.94. The van der Waals surface area contributed by atoms with Crippen molar-refractivity contribution in [2.75, 3.05) is 18.5 Å². The molecule has 6 nitrogen and oxygen atoms in total. The van der Waals surface area contributed by atoms with E-state index in [0.29, 0.717) is 42.4 Å². The average molecular weight is 383 g/mol. The number of anilines is 1. The number of cyclic esters (lactones) is 1. The molecular weight excluding hydrogens is 358 g/mol. The highest BCUT2D eigenvalue weighted by Gasteiger charge is 2.31. The van der Waals surface area contributed by atoms with Gasteiger partial charge in [0.15, 0.2) is 17.6 Å². The normalized spacial score (nSPS) is 15.4. The number of esters is 1. The number of carbonyl (C=O) groups excluding carboxylic acids is 2. The van der Waals surface area contributed by atoms with Gasteiger partial charge in [-0.05, 0) is 36.6 Å². The molecule has 2 aromatic rings. The molecule has 0 saturated heterocycles. The van der Waals surface area contributed by atoms with Gasteiger partial charge in [-0.1, -0.05) is 32.0 Å². The molecule has 0 radical (unpaired) electrons. The Kier molecular flexibility index (Phi) is 6.53. The Balaban J connectivity index is 1.72. The number of nitrogens with one attached hydrogen (secondary N) is 1. The zero-order valence-corrected chi connectivity index (χ0v) is 16.2. The van der Waals surface area contributed by atoms with E-state index in [1.807, 2.05) is 26.0 Å². The van der Waals surface area contributed by atoms with Crippen LogP contribution in [0.5, 0.6) is 11.5 Å². The van der Waals surface area contributed by atoms with Crippen LogP contribution in [0, 0.1) is 0 Å². The Labute approximate surface area is 164 Å². The molecule has 0 bridgehead atoms. The third-order valence-electron chi connectivity index (χ3n) is 4.32. The summed E-state index contributed by atoms with van der Waals surface area (Å²) < 4.78 is 16.8. The molecule has 1 atom stereocenters. The zero-order valence-electron chi connectivity index (χ0n) is 16.2. The Morgan fingerprint density at radius 2 is 1.79 bits per heavy atom. The number of ether oxygens (including phenoxy) is 3. The maximum absolute atomic E-state index is 12.6. The lowest BCUT2D eigenvalue weighted by molar-refractivity contribution is -0.125. The van der Waals surface area contributed by atoms with Gasteiger partial charge in [-0.3, -0.25) is 4.79 Å². The van der Waals surface area contributed by atoms with Crippen molar-refractivity contribution in [1.82, 2.24) is 0 Å². The van der Waals surface area contributed by atoms with Crippen LogP contribution < -0.4 is 14.8 Å². The molecule has 1 unspecified atom stereocenters. The van der Waals surface area contributed by atoms with Crippen LogP contribution in [-0.4, -0.2) is 31.2 Å². The molecule has 1 heterocycles. The number of hydrogen-bond donors (Lipinski definition) is 1. The van der Waals surface area contributed by atoms with Gasteiger partial charge in [-0.25, -0.2) is 4.79 Å². The minimum Gasteiger partial charge on any atom is -0.490 e. The molecule has 6 heteroatoms. The van der Waals surface area contributed by atoms with Gasteiger partial charge in [0.25, 0.3) is 5.91 Å². The number of amides is 1. The molecule has 28 heavy (non-hydrogen) atoms. The summed E-state index contributed by atoms with van der Waals surface area (Å²) in [5.74, 6) is 0.384. The second-order valence-corrected chi connectivity index (χ2v) is 6.60. The number of rotatable bonds is 8. The summed E-state index contributed by atoms with van der Waals surface area (Å²) in [6, 6.07) is 12.4. The molecule has 0 fully saturated rings. The largest absolute Gasteiger partial charge is 0.490 e. The van der Waals surface area contributed by atoms with Crippen LogP contribution >= 0.6 is 0 Å². The molecule has 0 aromatic heterocycles. The van der Waals surface area contributed by atoms with Crippen molar-refractivity contribution in [2.45, 2.75) is 39.2 Å². The molecule has 1 N–H and O–H groups in total. The van der Waals surface area contributed by atoms with Crippen LogP contribution in [0.2, 0.25) is 0 Å². The van der Waals surface area contributed by atoms with Crippen molar-refractivity contribution < 1.29 is 23.8 Å². The minimum absolute atomic E-state index is 0.352. The van der Waals surface area contributed by atoms with Crippen molar-refractivity contribution in [2.24, 2.45) is 0 Å². The summed E-state index contributed by atoms with van der Waals surface area (Å²) in [6.45, 7) is 5.20. The van der Waals surface area contributed by atoms with Crippen LogP contribution in [0.3, 0.4) is 0 Å². The summed E-state index contributed by atoms with van der Waals surface area (Å²) >= 11 is 0. The van der Waals surface area contributed by atoms with Gasteiger partial charge in [0, 0.05) is 18.2 Å². The Bertz CT molecular complexity index is 849. The van der Waals surface area contributed by atoms with E-state index < -0.39 is 12.1 Å². The van der Waals surface area contributed by atoms with Crippen LogP contribution in [0.15, 0.2) is 42.5 Å². The van der Waals surface area contributed by atoms with Gasteiger partial charge in [-0.2, -0.15) is 0 Å². The number of carbonyl (C=O) groups is 2. The van der Waals surface area contributed by atoms with Crippen molar-refractivity contribution in [3.8, 4) is 11.5 Å². The molecule has 0 aliphatic carbocycles. The summed E-state index contributed by atoms with van der Waals surface area (Å²) in [4.78, 5) is 24.8.